The van der Waals surface area contributed by atoms with E-state index in [-0.39, 0.29) is 6.04 Å². The molecule has 8 heteroatoms. The largest absolute Gasteiger partial charge is 0.492 e. The zero-order valence-corrected chi connectivity index (χ0v) is 16.8. The topological polar surface area (TPSA) is 70.7 Å². The lowest BCUT2D eigenvalue weighted by atomic mass is 10.1. The van der Waals surface area contributed by atoms with Crippen molar-refractivity contribution in [1.29, 1.82) is 0 Å². The number of ether oxygens (including phenoxy) is 1. The molecule has 1 aromatic carbocycles. The first-order chi connectivity index (χ1) is 13.6. The van der Waals surface area contributed by atoms with Crippen molar-refractivity contribution in [3.8, 4) is 39.2 Å². The summed E-state index contributed by atoms with van der Waals surface area (Å²) in [5.41, 5.74) is 3.03. The van der Waals surface area contributed by atoms with E-state index in [0.717, 1.165) is 45.6 Å². The summed E-state index contributed by atoms with van der Waals surface area (Å²) in [5, 5.41) is 9.29. The van der Waals surface area contributed by atoms with Gasteiger partial charge in [0.25, 0.3) is 0 Å². The van der Waals surface area contributed by atoms with Gasteiger partial charge in [-0.15, -0.1) is 21.5 Å². The molecule has 0 bridgehead atoms. The van der Waals surface area contributed by atoms with E-state index in [1.54, 1.807) is 23.9 Å². The highest BCUT2D eigenvalue weighted by molar-refractivity contribution is 7.15. The summed E-state index contributed by atoms with van der Waals surface area (Å²) < 4.78 is 10.1. The molecule has 0 fully saturated rings. The monoisotopic (exact) mass is 392 g/mol. The van der Waals surface area contributed by atoms with Crippen molar-refractivity contribution in [3.05, 3.63) is 41.8 Å². The molecule has 0 saturated carbocycles. The summed E-state index contributed by atoms with van der Waals surface area (Å²) in [6.07, 6.45) is 6.34. The first-order valence-electron chi connectivity index (χ1n) is 9.26. The van der Waals surface area contributed by atoms with Gasteiger partial charge in [-0.1, -0.05) is 6.07 Å². The highest BCUT2D eigenvalue weighted by atomic mass is 32.1. The van der Waals surface area contributed by atoms with Crippen molar-refractivity contribution in [2.45, 2.75) is 26.3 Å². The summed E-state index contributed by atoms with van der Waals surface area (Å²) in [6, 6.07) is 6.50. The van der Waals surface area contributed by atoms with Crippen LogP contribution < -0.4 is 4.74 Å². The maximum atomic E-state index is 6.06. The average Bonchev–Trinajstić information content (AvgIpc) is 3.39. The van der Waals surface area contributed by atoms with Crippen molar-refractivity contribution in [2.75, 3.05) is 6.61 Å². The number of imidazole rings is 1. The van der Waals surface area contributed by atoms with Crippen LogP contribution in [-0.2, 0) is 13.5 Å². The Balaban J connectivity index is 1.61. The second-order valence-corrected chi connectivity index (χ2v) is 8.20. The number of rotatable bonds is 3. The third kappa shape index (κ3) is 2.72. The van der Waals surface area contributed by atoms with E-state index in [4.69, 9.17) is 9.72 Å². The van der Waals surface area contributed by atoms with Gasteiger partial charge in [0.15, 0.2) is 10.8 Å². The van der Waals surface area contributed by atoms with Crippen LogP contribution in [0.5, 0.6) is 5.75 Å². The summed E-state index contributed by atoms with van der Waals surface area (Å²) in [5.74, 6) is 2.58. The van der Waals surface area contributed by atoms with E-state index in [0.29, 0.717) is 6.61 Å². The van der Waals surface area contributed by atoms with Crippen molar-refractivity contribution in [1.82, 2.24) is 29.3 Å². The van der Waals surface area contributed by atoms with Crippen LogP contribution in [0.3, 0.4) is 0 Å². The quantitative estimate of drug-likeness (QED) is 0.527. The standard InChI is InChI=1S/C20H20N6OS/c1-12(2)26-11-22-24-19(26)20-23-17-14-5-4-13(18-21-7-8-25(18)3)10-15(14)27-9-6-16(17)28-20/h4-5,7-8,10-12H,6,9H2,1-3H3. The zero-order chi connectivity index (χ0) is 19.3. The Morgan fingerprint density at radius 1 is 1.21 bits per heavy atom. The van der Waals surface area contributed by atoms with Crippen molar-refractivity contribution >= 4 is 11.3 Å². The van der Waals surface area contributed by atoms with Gasteiger partial charge in [0.1, 0.15) is 17.9 Å². The Morgan fingerprint density at radius 3 is 2.89 bits per heavy atom. The molecule has 4 aromatic rings. The maximum Gasteiger partial charge on any atom is 0.193 e. The molecular formula is C20H20N6OS. The molecule has 0 N–H and O–H groups in total. The Bertz CT molecular complexity index is 1160. The molecule has 28 heavy (non-hydrogen) atoms. The van der Waals surface area contributed by atoms with E-state index < -0.39 is 0 Å². The molecule has 142 valence electrons. The normalized spacial score (nSPS) is 13.1. The smallest absolute Gasteiger partial charge is 0.193 e. The van der Waals surface area contributed by atoms with Gasteiger partial charge in [0.05, 0.1) is 12.3 Å². The van der Waals surface area contributed by atoms with Crippen LogP contribution in [0.2, 0.25) is 0 Å². The molecule has 0 amide bonds. The maximum absolute atomic E-state index is 6.06. The summed E-state index contributed by atoms with van der Waals surface area (Å²) in [4.78, 5) is 10.6. The van der Waals surface area contributed by atoms with Gasteiger partial charge < -0.3 is 13.9 Å². The minimum absolute atomic E-state index is 0.282. The van der Waals surface area contributed by atoms with Crippen molar-refractivity contribution in [3.63, 3.8) is 0 Å². The molecule has 1 aliphatic heterocycles. The van der Waals surface area contributed by atoms with Gasteiger partial charge in [-0.3, -0.25) is 0 Å². The third-order valence-electron chi connectivity index (χ3n) is 4.92. The van der Waals surface area contributed by atoms with Gasteiger partial charge in [-0.25, -0.2) is 9.97 Å². The molecule has 7 nitrogen and oxygen atoms in total. The zero-order valence-electron chi connectivity index (χ0n) is 16.0. The highest BCUT2D eigenvalue weighted by Crippen LogP contribution is 2.41. The summed E-state index contributed by atoms with van der Waals surface area (Å²) >= 11 is 1.68. The van der Waals surface area contributed by atoms with Crippen molar-refractivity contribution in [2.24, 2.45) is 7.05 Å². The molecule has 0 spiro atoms. The number of fused-ring (bicyclic) bond motifs is 3. The van der Waals surface area contributed by atoms with Crippen LogP contribution >= 0.6 is 11.3 Å². The molecule has 0 atom stereocenters. The van der Waals surface area contributed by atoms with E-state index >= 15 is 0 Å². The molecule has 4 heterocycles. The minimum atomic E-state index is 0.282. The van der Waals surface area contributed by atoms with Crippen molar-refractivity contribution < 1.29 is 4.74 Å². The average molecular weight is 392 g/mol. The van der Waals surface area contributed by atoms with Gasteiger partial charge in [0.2, 0.25) is 0 Å². The molecule has 0 radical (unpaired) electrons. The summed E-state index contributed by atoms with van der Waals surface area (Å²) in [7, 11) is 1.99. The molecule has 0 unspecified atom stereocenters. The fourth-order valence-electron chi connectivity index (χ4n) is 3.47. The number of hydrogen-bond acceptors (Lipinski definition) is 6. The van der Waals surface area contributed by atoms with Gasteiger partial charge in [0, 0.05) is 47.9 Å². The van der Waals surface area contributed by atoms with Crippen LogP contribution in [-0.4, -0.2) is 35.9 Å². The van der Waals surface area contributed by atoms with Crippen LogP contribution in [0.25, 0.3) is 33.5 Å². The lowest BCUT2D eigenvalue weighted by molar-refractivity contribution is 0.327. The highest BCUT2D eigenvalue weighted by Gasteiger charge is 2.24. The molecule has 1 aliphatic rings. The fourth-order valence-corrected chi connectivity index (χ4v) is 4.52. The predicted octanol–water partition coefficient (Wildman–Crippen LogP) is 3.98. The summed E-state index contributed by atoms with van der Waals surface area (Å²) in [6.45, 7) is 4.87. The number of hydrogen-bond donors (Lipinski definition) is 0. The van der Waals surface area contributed by atoms with Crippen LogP contribution in [0.15, 0.2) is 36.9 Å². The number of aryl methyl sites for hydroxylation is 1. The van der Waals surface area contributed by atoms with Crippen LogP contribution in [0.4, 0.5) is 0 Å². The Morgan fingerprint density at radius 2 is 2.11 bits per heavy atom. The minimum Gasteiger partial charge on any atom is -0.492 e. The lowest BCUT2D eigenvalue weighted by Crippen LogP contribution is -2.01. The van der Waals surface area contributed by atoms with Crippen LogP contribution in [0, 0.1) is 0 Å². The fraction of sp³-hybridized carbons (Fsp3) is 0.300. The molecule has 0 saturated heterocycles. The second-order valence-electron chi connectivity index (χ2n) is 7.12. The number of thiazole rings is 1. The Hall–Kier alpha value is -3.00. The predicted molar refractivity (Wildman–Crippen MR) is 108 cm³/mol. The number of nitrogens with zero attached hydrogens (tertiary/aromatic N) is 6. The Labute approximate surface area is 166 Å². The number of aromatic nitrogens is 6. The second kappa shape index (κ2) is 6.56. The van der Waals surface area contributed by atoms with Gasteiger partial charge >= 0.3 is 0 Å². The molecular weight excluding hydrogens is 372 g/mol. The molecule has 5 rings (SSSR count). The molecule has 0 aliphatic carbocycles. The SMILES string of the molecule is CC(C)n1cnnc1-c1nc2c(s1)CCOc1cc(-c3nccn3C)ccc1-2. The first-order valence-corrected chi connectivity index (χ1v) is 10.1. The molecule has 3 aromatic heterocycles. The Kier molecular flexibility index (Phi) is 4.01. The lowest BCUT2D eigenvalue weighted by Gasteiger charge is -2.10. The third-order valence-corrected chi connectivity index (χ3v) is 6.03. The van der Waals surface area contributed by atoms with E-state index in [1.165, 1.54) is 4.88 Å². The van der Waals surface area contributed by atoms with E-state index in [9.17, 15) is 0 Å². The first kappa shape index (κ1) is 17.1. The van der Waals surface area contributed by atoms with Gasteiger partial charge in [-0.2, -0.15) is 0 Å². The van der Waals surface area contributed by atoms with Gasteiger partial charge in [-0.05, 0) is 26.0 Å². The number of benzene rings is 1. The van der Waals surface area contributed by atoms with E-state index in [1.807, 2.05) is 17.8 Å². The van der Waals surface area contributed by atoms with E-state index in [2.05, 4.69) is 51.8 Å². The van der Waals surface area contributed by atoms with Crippen LogP contribution in [0.1, 0.15) is 24.8 Å².